The van der Waals surface area contributed by atoms with Crippen molar-refractivity contribution in [1.82, 2.24) is 25.7 Å². The Hall–Kier alpha value is -5.35. The number of rotatable bonds is 11. The van der Waals surface area contributed by atoms with Crippen molar-refractivity contribution in [2.45, 2.75) is 31.5 Å². The van der Waals surface area contributed by atoms with Gasteiger partial charge >= 0.3 is 0 Å². The Morgan fingerprint density at radius 1 is 0.818 bits per heavy atom. The second kappa shape index (κ2) is 13.7. The molecule has 5 aromatic rings. The molecule has 0 aliphatic carbocycles. The molecule has 5 rings (SSSR count). The van der Waals surface area contributed by atoms with Crippen molar-refractivity contribution >= 4 is 28.5 Å². The van der Waals surface area contributed by atoms with Crippen molar-refractivity contribution in [3.63, 3.8) is 0 Å². The van der Waals surface area contributed by atoms with Crippen molar-refractivity contribution in [1.29, 1.82) is 0 Å². The zero-order valence-electron chi connectivity index (χ0n) is 24.6. The second-order valence-electron chi connectivity index (χ2n) is 10.5. The van der Waals surface area contributed by atoms with E-state index in [-0.39, 0.29) is 30.6 Å². The molecule has 10 heteroatoms. The van der Waals surface area contributed by atoms with Crippen molar-refractivity contribution in [3.8, 4) is 0 Å². The van der Waals surface area contributed by atoms with Crippen molar-refractivity contribution in [2.75, 3.05) is 14.1 Å². The van der Waals surface area contributed by atoms with E-state index < -0.39 is 23.9 Å². The van der Waals surface area contributed by atoms with Crippen LogP contribution in [0.15, 0.2) is 102 Å². The zero-order chi connectivity index (χ0) is 31.1. The number of nitrogens with one attached hydrogen (secondary N) is 2. The number of hydrogen-bond acceptors (Lipinski definition) is 7. The number of carbonyl (C=O) groups is 3. The second-order valence-corrected chi connectivity index (χ2v) is 10.5. The van der Waals surface area contributed by atoms with Crippen LogP contribution in [-0.4, -0.2) is 52.9 Å². The first-order valence-electron chi connectivity index (χ1n) is 14.3. The third-order valence-corrected chi connectivity index (χ3v) is 7.53. The number of benzene rings is 4. The van der Waals surface area contributed by atoms with Gasteiger partial charge in [-0.25, -0.2) is 0 Å². The van der Waals surface area contributed by atoms with Gasteiger partial charge in [-0.1, -0.05) is 90.1 Å². The number of nitrogens with zero attached hydrogens (tertiary/aromatic N) is 3. The maximum Gasteiger partial charge on any atom is 0.292 e. The van der Waals surface area contributed by atoms with Gasteiger partial charge in [-0.05, 0) is 39.6 Å². The molecule has 0 fully saturated rings. The number of carbonyl (C=O) groups excluding carboxylic acids is 3. The fourth-order valence-electron chi connectivity index (χ4n) is 5.08. The van der Waals surface area contributed by atoms with E-state index in [0.717, 1.165) is 27.5 Å². The smallest absolute Gasteiger partial charge is 0.292 e. The molecule has 224 valence electrons. The van der Waals surface area contributed by atoms with Gasteiger partial charge in [0.2, 0.25) is 11.8 Å². The highest BCUT2D eigenvalue weighted by Crippen LogP contribution is 2.25. The van der Waals surface area contributed by atoms with E-state index >= 15 is 0 Å². The van der Waals surface area contributed by atoms with Crippen LogP contribution in [0.3, 0.4) is 0 Å². The molecule has 0 aliphatic heterocycles. The standard InChI is InChI=1S/C34H34N6O4/c1-36-32(42)30-38-33(44-39-30)29(20-22-9-4-3-5-10-22)40(2)34(43)28(37-31(41)27-14-8-11-24(18-27)21-35)19-23-15-16-25-12-6-7-13-26(25)17-23/h3-18,28-29H,19-21,35H2,1-2H3,(H,36,42)(H,37,41)/t28?,29-/m1/s1. The minimum absolute atomic E-state index is 0.106. The number of aromatic nitrogens is 2. The molecule has 0 aliphatic rings. The van der Waals surface area contributed by atoms with E-state index in [4.69, 9.17) is 10.3 Å². The summed E-state index contributed by atoms with van der Waals surface area (Å²) >= 11 is 0. The number of amides is 3. The number of fused-ring (bicyclic) bond motifs is 1. The fraction of sp³-hybridized carbons (Fsp3) is 0.206. The van der Waals surface area contributed by atoms with E-state index in [1.54, 1.807) is 25.2 Å². The van der Waals surface area contributed by atoms with Crippen LogP contribution in [0.25, 0.3) is 10.8 Å². The van der Waals surface area contributed by atoms with E-state index in [1.807, 2.05) is 78.9 Å². The summed E-state index contributed by atoms with van der Waals surface area (Å²) in [6.45, 7) is 0.284. The summed E-state index contributed by atoms with van der Waals surface area (Å²) in [7, 11) is 3.10. The molecule has 10 nitrogen and oxygen atoms in total. The van der Waals surface area contributed by atoms with Crippen molar-refractivity contribution in [2.24, 2.45) is 5.73 Å². The van der Waals surface area contributed by atoms with Gasteiger partial charge in [-0.2, -0.15) is 4.98 Å². The summed E-state index contributed by atoms with van der Waals surface area (Å²) in [5.74, 6) is -1.29. The molecule has 2 atom stereocenters. The van der Waals surface area contributed by atoms with Crippen LogP contribution >= 0.6 is 0 Å². The fourth-order valence-corrected chi connectivity index (χ4v) is 5.08. The normalized spacial score (nSPS) is 12.3. The lowest BCUT2D eigenvalue weighted by Gasteiger charge is -2.30. The van der Waals surface area contributed by atoms with Gasteiger partial charge in [0.15, 0.2) is 0 Å². The summed E-state index contributed by atoms with van der Waals surface area (Å²) in [5.41, 5.74) is 8.81. The Labute approximate surface area is 255 Å². The Kier molecular flexibility index (Phi) is 9.41. The first-order chi connectivity index (χ1) is 21.4. The molecule has 0 bridgehead atoms. The highest BCUT2D eigenvalue weighted by molar-refractivity contribution is 5.98. The Morgan fingerprint density at radius 3 is 2.30 bits per heavy atom. The average Bonchev–Trinajstić information content (AvgIpc) is 3.56. The van der Waals surface area contributed by atoms with Gasteiger partial charge < -0.3 is 25.8 Å². The quantitative estimate of drug-likeness (QED) is 0.212. The Morgan fingerprint density at radius 2 is 1.55 bits per heavy atom. The van der Waals surface area contributed by atoms with Crippen LogP contribution < -0.4 is 16.4 Å². The molecular formula is C34H34N6O4. The topological polar surface area (TPSA) is 143 Å². The minimum atomic E-state index is -0.935. The van der Waals surface area contributed by atoms with Crippen LogP contribution in [0, 0.1) is 0 Å². The highest BCUT2D eigenvalue weighted by atomic mass is 16.5. The molecule has 44 heavy (non-hydrogen) atoms. The molecule has 0 saturated carbocycles. The summed E-state index contributed by atoms with van der Waals surface area (Å²) in [6, 6.07) is 28.9. The third-order valence-electron chi connectivity index (χ3n) is 7.53. The molecule has 0 spiro atoms. The molecule has 0 radical (unpaired) electrons. The van der Waals surface area contributed by atoms with E-state index in [0.29, 0.717) is 12.0 Å². The van der Waals surface area contributed by atoms with Crippen LogP contribution in [0.5, 0.6) is 0 Å². The van der Waals surface area contributed by atoms with Crippen LogP contribution in [0.1, 0.15) is 49.6 Å². The first-order valence-corrected chi connectivity index (χ1v) is 14.3. The van der Waals surface area contributed by atoms with Gasteiger partial charge in [-0.3, -0.25) is 14.4 Å². The monoisotopic (exact) mass is 590 g/mol. The molecule has 1 heterocycles. The van der Waals surface area contributed by atoms with Crippen molar-refractivity contribution < 1.29 is 18.9 Å². The first kappa shape index (κ1) is 30.1. The van der Waals surface area contributed by atoms with Gasteiger partial charge in [0.05, 0.1) is 0 Å². The summed E-state index contributed by atoms with van der Waals surface area (Å²) < 4.78 is 5.50. The average molecular weight is 591 g/mol. The summed E-state index contributed by atoms with van der Waals surface area (Å²) in [6.07, 6.45) is 0.579. The van der Waals surface area contributed by atoms with Gasteiger partial charge in [-0.15, -0.1) is 0 Å². The largest absolute Gasteiger partial charge is 0.352 e. The number of hydrogen-bond donors (Lipinski definition) is 3. The van der Waals surface area contributed by atoms with E-state index in [2.05, 4.69) is 20.8 Å². The lowest BCUT2D eigenvalue weighted by atomic mass is 9.99. The lowest BCUT2D eigenvalue weighted by Crippen LogP contribution is -2.49. The Bertz CT molecular complexity index is 1770. The van der Waals surface area contributed by atoms with Crippen LogP contribution in [0.4, 0.5) is 0 Å². The predicted molar refractivity (Wildman–Crippen MR) is 167 cm³/mol. The van der Waals surface area contributed by atoms with Gasteiger partial charge in [0.1, 0.15) is 12.1 Å². The highest BCUT2D eigenvalue weighted by Gasteiger charge is 2.33. The minimum Gasteiger partial charge on any atom is -0.352 e. The predicted octanol–water partition coefficient (Wildman–Crippen LogP) is 3.82. The zero-order valence-corrected chi connectivity index (χ0v) is 24.6. The lowest BCUT2D eigenvalue weighted by molar-refractivity contribution is -0.134. The number of likely N-dealkylation sites (N-methyl/N-ethyl adjacent to an activating group) is 1. The molecular weight excluding hydrogens is 556 g/mol. The van der Waals surface area contributed by atoms with Gasteiger partial charge in [0.25, 0.3) is 17.6 Å². The van der Waals surface area contributed by atoms with Crippen molar-refractivity contribution in [3.05, 3.63) is 131 Å². The molecule has 3 amide bonds. The number of nitrogens with two attached hydrogens (primary N) is 1. The summed E-state index contributed by atoms with van der Waals surface area (Å²) in [5, 5.41) is 11.4. The molecule has 1 aromatic heterocycles. The molecule has 0 saturated heterocycles. The molecule has 1 unspecified atom stereocenters. The summed E-state index contributed by atoms with van der Waals surface area (Å²) in [4.78, 5) is 45.8. The third kappa shape index (κ3) is 6.99. The molecule has 4 aromatic carbocycles. The Balaban J connectivity index is 1.49. The van der Waals surface area contributed by atoms with Gasteiger partial charge in [0, 0.05) is 39.0 Å². The van der Waals surface area contributed by atoms with E-state index in [9.17, 15) is 14.4 Å². The maximum absolute atomic E-state index is 14.3. The SMILES string of the molecule is CNC(=O)c1noc([C@@H](Cc2ccccc2)N(C)C(=O)C(Cc2ccc3ccccc3c2)NC(=O)c2cccc(CN)c2)n1. The van der Waals surface area contributed by atoms with Crippen LogP contribution in [-0.2, 0) is 24.2 Å². The molecule has 4 N–H and O–H groups in total. The van der Waals surface area contributed by atoms with E-state index in [1.165, 1.54) is 11.9 Å². The maximum atomic E-state index is 14.3. The van der Waals surface area contributed by atoms with Crippen LogP contribution in [0.2, 0.25) is 0 Å².